The number of hydrazone groups is 1. The highest BCUT2D eigenvalue weighted by Crippen LogP contribution is 2.32. The summed E-state index contributed by atoms with van der Waals surface area (Å²) in [5, 5.41) is 5.38. The standard InChI is InChI=1S/C17H21N3OS/c1-12-16(13-7-6-10-15(11-13)21-2)18-17(22-12)20-19-14-8-4-3-5-9-14/h6-7,10-11H,3-5,8-9H2,1-2H3,(H,18,20). The number of rotatable bonds is 4. The van der Waals surface area contributed by atoms with Crippen LogP contribution in [0.15, 0.2) is 29.4 Å². The lowest BCUT2D eigenvalue weighted by Gasteiger charge is -2.11. The smallest absolute Gasteiger partial charge is 0.204 e. The van der Waals surface area contributed by atoms with Gasteiger partial charge < -0.3 is 4.74 Å². The summed E-state index contributed by atoms with van der Waals surface area (Å²) >= 11 is 1.64. The van der Waals surface area contributed by atoms with Crippen LogP contribution in [-0.2, 0) is 0 Å². The minimum Gasteiger partial charge on any atom is -0.497 e. The van der Waals surface area contributed by atoms with E-state index in [0.717, 1.165) is 35.0 Å². The van der Waals surface area contributed by atoms with E-state index in [2.05, 4.69) is 28.5 Å². The minimum atomic E-state index is 0.849. The van der Waals surface area contributed by atoms with Gasteiger partial charge in [-0.3, -0.25) is 5.43 Å². The first-order chi connectivity index (χ1) is 10.8. The van der Waals surface area contributed by atoms with Crippen molar-refractivity contribution in [2.24, 2.45) is 5.10 Å². The Morgan fingerprint density at radius 1 is 1.23 bits per heavy atom. The number of hydrogen-bond acceptors (Lipinski definition) is 5. The average molecular weight is 315 g/mol. The molecule has 1 aromatic carbocycles. The van der Waals surface area contributed by atoms with Gasteiger partial charge in [-0.1, -0.05) is 18.6 Å². The molecule has 1 aromatic heterocycles. The molecule has 0 spiro atoms. The molecular formula is C17H21N3OS. The Morgan fingerprint density at radius 2 is 2.05 bits per heavy atom. The van der Waals surface area contributed by atoms with E-state index in [9.17, 15) is 0 Å². The quantitative estimate of drug-likeness (QED) is 0.820. The summed E-state index contributed by atoms with van der Waals surface area (Å²) in [7, 11) is 1.68. The fourth-order valence-corrected chi connectivity index (χ4v) is 3.46. The number of methoxy groups -OCH3 is 1. The van der Waals surface area contributed by atoms with E-state index in [4.69, 9.17) is 4.74 Å². The summed E-state index contributed by atoms with van der Waals surface area (Å²) in [6, 6.07) is 8.00. The maximum atomic E-state index is 5.29. The molecule has 1 heterocycles. The minimum absolute atomic E-state index is 0.849. The van der Waals surface area contributed by atoms with Crippen LogP contribution in [0.25, 0.3) is 11.3 Å². The van der Waals surface area contributed by atoms with Gasteiger partial charge in [0.15, 0.2) is 0 Å². The fourth-order valence-electron chi connectivity index (χ4n) is 2.68. The van der Waals surface area contributed by atoms with Gasteiger partial charge in [-0.2, -0.15) is 5.10 Å². The number of benzene rings is 1. The van der Waals surface area contributed by atoms with Crippen molar-refractivity contribution in [2.75, 3.05) is 12.5 Å². The molecule has 0 unspecified atom stereocenters. The zero-order chi connectivity index (χ0) is 15.4. The molecular weight excluding hydrogens is 294 g/mol. The number of hydrogen-bond donors (Lipinski definition) is 1. The summed E-state index contributed by atoms with van der Waals surface area (Å²) in [6.07, 6.45) is 6.06. The predicted molar refractivity (Wildman–Crippen MR) is 93.0 cm³/mol. The third kappa shape index (κ3) is 3.47. The van der Waals surface area contributed by atoms with Crippen molar-refractivity contribution < 1.29 is 4.74 Å². The molecule has 2 aromatic rings. The van der Waals surface area contributed by atoms with Crippen molar-refractivity contribution in [3.05, 3.63) is 29.1 Å². The van der Waals surface area contributed by atoms with Crippen LogP contribution in [0, 0.1) is 6.92 Å². The van der Waals surface area contributed by atoms with Gasteiger partial charge >= 0.3 is 0 Å². The molecule has 1 fully saturated rings. The van der Waals surface area contributed by atoms with Crippen molar-refractivity contribution in [1.82, 2.24) is 4.98 Å². The lowest BCUT2D eigenvalue weighted by molar-refractivity contribution is 0.415. The Bertz CT molecular complexity index is 670. The van der Waals surface area contributed by atoms with Crippen LogP contribution < -0.4 is 10.2 Å². The van der Waals surface area contributed by atoms with Crippen molar-refractivity contribution in [2.45, 2.75) is 39.0 Å². The van der Waals surface area contributed by atoms with E-state index in [0.29, 0.717) is 0 Å². The van der Waals surface area contributed by atoms with Crippen LogP contribution >= 0.6 is 11.3 Å². The van der Waals surface area contributed by atoms with Crippen molar-refractivity contribution in [1.29, 1.82) is 0 Å². The third-order valence-corrected chi connectivity index (χ3v) is 4.76. The normalized spacial score (nSPS) is 14.7. The Labute approximate surface area is 135 Å². The van der Waals surface area contributed by atoms with E-state index in [1.54, 1.807) is 18.4 Å². The second-order valence-electron chi connectivity index (χ2n) is 5.51. The Hall–Kier alpha value is -1.88. The second-order valence-corrected chi connectivity index (χ2v) is 6.71. The number of anilines is 1. The number of ether oxygens (including phenoxy) is 1. The lowest BCUT2D eigenvalue weighted by atomic mass is 9.99. The first-order valence-electron chi connectivity index (χ1n) is 7.69. The van der Waals surface area contributed by atoms with Crippen molar-refractivity contribution in [3.8, 4) is 17.0 Å². The van der Waals surface area contributed by atoms with Gasteiger partial charge in [0.1, 0.15) is 5.75 Å². The summed E-state index contributed by atoms with van der Waals surface area (Å²) in [6.45, 7) is 2.09. The van der Waals surface area contributed by atoms with Crippen molar-refractivity contribution in [3.63, 3.8) is 0 Å². The number of aromatic nitrogens is 1. The number of nitrogens with zero attached hydrogens (tertiary/aromatic N) is 2. The lowest BCUT2D eigenvalue weighted by Crippen LogP contribution is -2.07. The predicted octanol–water partition coefficient (Wildman–Crippen LogP) is 4.86. The first-order valence-corrected chi connectivity index (χ1v) is 8.51. The highest BCUT2D eigenvalue weighted by molar-refractivity contribution is 7.15. The molecule has 1 aliphatic carbocycles. The summed E-state index contributed by atoms with van der Waals surface area (Å²) in [5.74, 6) is 0.849. The van der Waals surface area contributed by atoms with Gasteiger partial charge in [0.05, 0.1) is 12.8 Å². The maximum absolute atomic E-state index is 5.29. The Balaban J connectivity index is 1.78. The summed E-state index contributed by atoms with van der Waals surface area (Å²) in [4.78, 5) is 5.86. The van der Waals surface area contributed by atoms with Gasteiger partial charge in [-0.25, -0.2) is 4.98 Å². The van der Waals surface area contributed by atoms with E-state index < -0.39 is 0 Å². The zero-order valence-corrected chi connectivity index (χ0v) is 13.9. The zero-order valence-electron chi connectivity index (χ0n) is 13.1. The van der Waals surface area contributed by atoms with Gasteiger partial charge in [-0.15, -0.1) is 11.3 Å². The maximum Gasteiger partial charge on any atom is 0.204 e. The van der Waals surface area contributed by atoms with Crippen molar-refractivity contribution >= 4 is 22.2 Å². The summed E-state index contributed by atoms with van der Waals surface area (Å²) in [5.41, 5.74) is 6.47. The molecule has 1 aliphatic rings. The number of thiazole rings is 1. The van der Waals surface area contributed by atoms with Crippen LogP contribution in [0.2, 0.25) is 0 Å². The molecule has 0 saturated heterocycles. The summed E-state index contributed by atoms with van der Waals surface area (Å²) < 4.78 is 5.29. The molecule has 22 heavy (non-hydrogen) atoms. The molecule has 1 saturated carbocycles. The molecule has 116 valence electrons. The Kier molecular flexibility index (Phi) is 4.73. The molecule has 4 nitrogen and oxygen atoms in total. The molecule has 0 radical (unpaired) electrons. The SMILES string of the molecule is COc1cccc(-c2nc(NN=C3CCCCC3)sc2C)c1. The van der Waals surface area contributed by atoms with Gasteiger partial charge in [0.2, 0.25) is 5.13 Å². The molecule has 5 heteroatoms. The van der Waals surface area contributed by atoms with E-state index in [-0.39, 0.29) is 0 Å². The molecule has 3 rings (SSSR count). The topological polar surface area (TPSA) is 46.5 Å². The fraction of sp³-hybridized carbons (Fsp3) is 0.412. The average Bonchev–Trinajstić information content (AvgIpc) is 2.95. The molecule has 0 amide bonds. The highest BCUT2D eigenvalue weighted by atomic mass is 32.1. The van der Waals surface area contributed by atoms with Gasteiger partial charge in [0.25, 0.3) is 0 Å². The molecule has 1 N–H and O–H groups in total. The van der Waals surface area contributed by atoms with Gasteiger partial charge in [-0.05, 0) is 44.7 Å². The molecule has 0 atom stereocenters. The van der Waals surface area contributed by atoms with Crippen LogP contribution in [-0.4, -0.2) is 17.8 Å². The molecule has 0 bridgehead atoms. The number of aryl methyl sites for hydroxylation is 1. The van der Waals surface area contributed by atoms with Crippen LogP contribution in [0.3, 0.4) is 0 Å². The molecule has 0 aliphatic heterocycles. The number of nitrogens with one attached hydrogen (secondary N) is 1. The van der Waals surface area contributed by atoms with Crippen LogP contribution in [0.1, 0.15) is 37.0 Å². The highest BCUT2D eigenvalue weighted by Gasteiger charge is 2.11. The monoisotopic (exact) mass is 315 g/mol. The van der Waals surface area contributed by atoms with E-state index >= 15 is 0 Å². The largest absolute Gasteiger partial charge is 0.497 e. The van der Waals surface area contributed by atoms with E-state index in [1.807, 2.05) is 18.2 Å². The van der Waals surface area contributed by atoms with Gasteiger partial charge in [0, 0.05) is 16.2 Å². The van der Waals surface area contributed by atoms with E-state index in [1.165, 1.54) is 29.9 Å². The third-order valence-electron chi connectivity index (χ3n) is 3.88. The Morgan fingerprint density at radius 3 is 2.82 bits per heavy atom. The van der Waals surface area contributed by atoms with Crippen LogP contribution in [0.5, 0.6) is 5.75 Å². The first kappa shape index (κ1) is 15.0. The van der Waals surface area contributed by atoms with Crippen LogP contribution in [0.4, 0.5) is 5.13 Å². The second kappa shape index (κ2) is 6.92.